The van der Waals surface area contributed by atoms with Gasteiger partial charge in [0.05, 0.1) is 29.8 Å². The van der Waals surface area contributed by atoms with Gasteiger partial charge in [0, 0.05) is 53.2 Å². The van der Waals surface area contributed by atoms with Crippen molar-refractivity contribution in [3.05, 3.63) is 74.8 Å². The van der Waals surface area contributed by atoms with Crippen LogP contribution in [0.4, 0.5) is 10.8 Å². The zero-order chi connectivity index (χ0) is 31.6. The summed E-state index contributed by atoms with van der Waals surface area (Å²) in [5.74, 6) is -0.730. The van der Waals surface area contributed by atoms with Crippen LogP contribution in [0.25, 0.3) is 10.9 Å². The number of nitrogens with one attached hydrogen (secondary N) is 1. The van der Waals surface area contributed by atoms with Gasteiger partial charge in [-0.3, -0.25) is 14.4 Å². The van der Waals surface area contributed by atoms with Gasteiger partial charge in [0.25, 0.3) is 5.91 Å². The molecular weight excluding hydrogens is 623 g/mol. The minimum absolute atomic E-state index is 0.00471. The van der Waals surface area contributed by atoms with E-state index in [0.29, 0.717) is 34.7 Å². The largest absolute Gasteiger partial charge is 0.469 e. The van der Waals surface area contributed by atoms with Gasteiger partial charge in [0.2, 0.25) is 0 Å². The Morgan fingerprint density at radius 3 is 2.70 bits per heavy atom. The van der Waals surface area contributed by atoms with Crippen LogP contribution in [0.15, 0.2) is 48.8 Å². The normalized spacial score (nSPS) is 15.1. The van der Waals surface area contributed by atoms with E-state index in [2.05, 4.69) is 15.2 Å². The number of nitrogens with zero attached hydrogens (tertiary/aromatic N) is 3. The van der Waals surface area contributed by atoms with Gasteiger partial charge in [-0.05, 0) is 56.9 Å². The molecule has 0 spiro atoms. The summed E-state index contributed by atoms with van der Waals surface area (Å²) in [6.45, 7) is 4.26. The second-order valence-electron chi connectivity index (χ2n) is 11.3. The lowest BCUT2D eigenvalue weighted by Crippen LogP contribution is -2.44. The molecule has 1 aliphatic rings. The van der Waals surface area contributed by atoms with E-state index in [4.69, 9.17) is 32.7 Å². The highest BCUT2D eigenvalue weighted by molar-refractivity contribution is 7.15. The van der Waals surface area contributed by atoms with Gasteiger partial charge in [-0.15, -0.1) is 11.3 Å². The maximum atomic E-state index is 13.5. The first-order valence-electron chi connectivity index (χ1n) is 14.3. The van der Waals surface area contributed by atoms with Crippen molar-refractivity contribution in [2.75, 3.05) is 23.9 Å². The number of Topliss-reactive ketones (excluding diaryl/α,β-unsaturated/α-hetero) is 1. The Hall–Kier alpha value is -3.44. The fraction of sp³-hybridized carbons (Fsp3) is 0.375. The van der Waals surface area contributed by atoms with Gasteiger partial charge in [0.15, 0.2) is 10.9 Å². The zero-order valence-electron chi connectivity index (χ0n) is 25.0. The van der Waals surface area contributed by atoms with E-state index in [9.17, 15) is 14.4 Å². The summed E-state index contributed by atoms with van der Waals surface area (Å²) in [5, 5.41) is 5.08. The lowest BCUT2D eigenvalue weighted by atomic mass is 9.96. The maximum Gasteiger partial charge on any atom is 0.305 e. The molecule has 232 valence electrons. The number of carbonyl (C=O) groups is 3. The number of esters is 1. The monoisotopic (exact) mass is 656 g/mol. The minimum Gasteiger partial charge on any atom is -0.469 e. The topological polar surface area (TPSA) is 103 Å². The SMILES string of the molecule is COC(=O)CCc1cnc(N2CCC[C@@H]2OC(C)(C)C(=O)Cc2cc(Cl)c(NC(=O)c3cn(C)c4ccccc34)cc2Cl)s1. The first-order chi connectivity index (χ1) is 21.0. The number of methoxy groups -OCH3 is 1. The molecule has 1 fully saturated rings. The Kier molecular flexibility index (Phi) is 9.65. The Balaban J connectivity index is 1.24. The van der Waals surface area contributed by atoms with Crippen LogP contribution in [0.3, 0.4) is 0 Å². The highest BCUT2D eigenvalue weighted by Crippen LogP contribution is 2.35. The van der Waals surface area contributed by atoms with Gasteiger partial charge in [-0.25, -0.2) is 4.98 Å². The van der Waals surface area contributed by atoms with Crippen molar-refractivity contribution >= 4 is 73.9 Å². The summed E-state index contributed by atoms with van der Waals surface area (Å²) in [7, 11) is 3.26. The summed E-state index contributed by atoms with van der Waals surface area (Å²) in [6, 6.07) is 10.8. The van der Waals surface area contributed by atoms with Crippen LogP contribution >= 0.6 is 34.5 Å². The van der Waals surface area contributed by atoms with Crippen molar-refractivity contribution in [1.29, 1.82) is 0 Å². The third-order valence-electron chi connectivity index (χ3n) is 7.77. The highest BCUT2D eigenvalue weighted by Gasteiger charge is 2.37. The predicted molar refractivity (Wildman–Crippen MR) is 174 cm³/mol. The van der Waals surface area contributed by atoms with E-state index in [1.165, 1.54) is 18.4 Å². The molecule has 1 atom stereocenters. The summed E-state index contributed by atoms with van der Waals surface area (Å²) >= 11 is 14.7. The summed E-state index contributed by atoms with van der Waals surface area (Å²) in [6.07, 6.45) is 5.74. The molecule has 0 bridgehead atoms. The van der Waals surface area contributed by atoms with Crippen molar-refractivity contribution in [3.8, 4) is 0 Å². The number of ketones is 1. The third-order valence-corrected chi connectivity index (χ3v) is 9.53. The molecule has 4 aromatic rings. The molecule has 2 aromatic carbocycles. The van der Waals surface area contributed by atoms with Crippen LogP contribution < -0.4 is 10.2 Å². The average Bonchev–Trinajstić information content (AvgIpc) is 3.73. The number of anilines is 2. The van der Waals surface area contributed by atoms with Crippen molar-refractivity contribution in [1.82, 2.24) is 9.55 Å². The molecule has 2 aromatic heterocycles. The molecule has 44 heavy (non-hydrogen) atoms. The molecule has 0 saturated carbocycles. The van der Waals surface area contributed by atoms with E-state index in [1.54, 1.807) is 38.4 Å². The molecule has 12 heteroatoms. The summed E-state index contributed by atoms with van der Waals surface area (Å²) in [4.78, 5) is 45.8. The van der Waals surface area contributed by atoms with Gasteiger partial charge in [0.1, 0.15) is 11.8 Å². The van der Waals surface area contributed by atoms with Gasteiger partial charge >= 0.3 is 5.97 Å². The number of benzene rings is 2. The molecule has 0 radical (unpaired) electrons. The van der Waals surface area contributed by atoms with Crippen LogP contribution in [0.1, 0.15) is 53.9 Å². The zero-order valence-corrected chi connectivity index (χ0v) is 27.3. The summed E-state index contributed by atoms with van der Waals surface area (Å²) in [5.41, 5.74) is 1.24. The summed E-state index contributed by atoms with van der Waals surface area (Å²) < 4.78 is 13.0. The molecule has 3 heterocycles. The number of aromatic nitrogens is 2. The van der Waals surface area contributed by atoms with Gasteiger partial charge in [-0.2, -0.15) is 0 Å². The van der Waals surface area contributed by atoms with E-state index in [0.717, 1.165) is 40.3 Å². The molecule has 1 aliphatic heterocycles. The third kappa shape index (κ3) is 6.94. The molecule has 0 unspecified atom stereocenters. The van der Waals surface area contributed by atoms with E-state index in [1.807, 2.05) is 35.9 Å². The molecule has 9 nitrogen and oxygen atoms in total. The Bertz CT molecular complexity index is 1720. The van der Waals surface area contributed by atoms with Crippen LogP contribution in [0, 0.1) is 0 Å². The first-order valence-corrected chi connectivity index (χ1v) is 15.9. The maximum absolute atomic E-state index is 13.5. The number of hydrogen-bond acceptors (Lipinski definition) is 8. The number of carbonyl (C=O) groups excluding carboxylic acids is 3. The number of thiazole rings is 1. The van der Waals surface area contributed by atoms with Crippen LogP contribution in [-0.4, -0.2) is 52.7 Å². The second kappa shape index (κ2) is 13.3. The van der Waals surface area contributed by atoms with Crippen molar-refractivity contribution in [2.45, 2.75) is 57.8 Å². The molecule has 1 N–H and O–H groups in total. The Labute approximate surface area is 270 Å². The number of halogens is 2. The van der Waals surface area contributed by atoms with Crippen LogP contribution in [0.5, 0.6) is 0 Å². The van der Waals surface area contributed by atoms with E-state index >= 15 is 0 Å². The Morgan fingerprint density at radius 2 is 1.93 bits per heavy atom. The van der Waals surface area contributed by atoms with Gasteiger partial charge < -0.3 is 24.3 Å². The van der Waals surface area contributed by atoms with Crippen molar-refractivity contribution in [3.63, 3.8) is 0 Å². The fourth-order valence-corrected chi connectivity index (χ4v) is 6.71. The molecule has 5 rings (SSSR count). The quantitative estimate of drug-likeness (QED) is 0.176. The molecular formula is C32H34Cl2N4O5S. The predicted octanol–water partition coefficient (Wildman–Crippen LogP) is 6.83. The number of para-hydroxylation sites is 1. The highest BCUT2D eigenvalue weighted by atomic mass is 35.5. The number of rotatable bonds is 11. The number of ether oxygens (including phenoxy) is 2. The standard InChI is InChI=1S/C32H34Cl2N4O5S/c1-32(2,43-28-10-7-13-38(28)31-35-17-20(44-31)11-12-29(40)42-4)27(39)15-19-14-24(34)25(16-23(19)33)36-30(41)22-18-37(3)26-9-6-5-8-21(22)26/h5-6,8-9,14,16-18,28H,7,10-13,15H2,1-4H3,(H,36,41)/t28-/m0/s1. The Morgan fingerprint density at radius 1 is 1.16 bits per heavy atom. The average molecular weight is 658 g/mol. The van der Waals surface area contributed by atoms with Crippen LogP contribution in [0.2, 0.25) is 10.0 Å². The second-order valence-corrected chi connectivity index (χ2v) is 13.2. The van der Waals surface area contributed by atoms with Crippen molar-refractivity contribution < 1.29 is 23.9 Å². The fourth-order valence-electron chi connectivity index (χ4n) is 5.27. The van der Waals surface area contributed by atoms with Crippen LogP contribution in [-0.2, 0) is 39.0 Å². The van der Waals surface area contributed by atoms with Gasteiger partial charge in [-0.1, -0.05) is 41.4 Å². The smallest absolute Gasteiger partial charge is 0.305 e. The molecule has 0 aliphatic carbocycles. The van der Waals surface area contributed by atoms with E-state index in [-0.39, 0.29) is 35.3 Å². The molecule has 1 saturated heterocycles. The van der Waals surface area contributed by atoms with Crippen molar-refractivity contribution in [2.24, 2.45) is 7.05 Å². The van der Waals surface area contributed by atoms with E-state index < -0.39 is 5.60 Å². The lowest BCUT2D eigenvalue weighted by Gasteiger charge is -2.32. The number of fused-ring (bicyclic) bond motifs is 1. The number of amides is 1. The first kappa shape index (κ1) is 32.0. The lowest BCUT2D eigenvalue weighted by molar-refractivity contribution is -0.146. The minimum atomic E-state index is -1.12. The number of aryl methyl sites for hydroxylation is 2. The molecule has 1 amide bonds. The number of hydrogen-bond donors (Lipinski definition) is 1.